The Morgan fingerprint density at radius 3 is 2.58 bits per heavy atom. The number of rotatable bonds is 7. The number of likely N-dealkylation sites (tertiary alicyclic amines) is 1. The predicted octanol–water partition coefficient (Wildman–Crippen LogP) is 3.95. The van der Waals surface area contributed by atoms with E-state index in [0.29, 0.717) is 30.3 Å². The lowest BCUT2D eigenvalue weighted by atomic mass is 9.89. The number of ketones is 1. The summed E-state index contributed by atoms with van der Waals surface area (Å²) in [6, 6.07) is 9.41. The highest BCUT2D eigenvalue weighted by Gasteiger charge is 2.30. The fourth-order valence-electron chi connectivity index (χ4n) is 4.47. The Kier molecular flexibility index (Phi) is 6.83. The molecule has 2 aromatic rings. The molecule has 7 heteroatoms. The van der Waals surface area contributed by atoms with E-state index in [2.05, 4.69) is 10.2 Å². The van der Waals surface area contributed by atoms with Crippen LogP contribution >= 0.6 is 11.3 Å². The Morgan fingerprint density at radius 2 is 1.87 bits per heavy atom. The van der Waals surface area contributed by atoms with Gasteiger partial charge in [0.2, 0.25) is 5.91 Å². The molecule has 1 aromatic heterocycles. The number of esters is 1. The van der Waals surface area contributed by atoms with E-state index in [1.54, 1.807) is 6.92 Å². The molecule has 4 rings (SSSR count). The number of carbonyl (C=O) groups excluding carboxylic acids is 3. The van der Waals surface area contributed by atoms with Crippen molar-refractivity contribution in [2.24, 2.45) is 5.92 Å². The molecule has 164 valence electrons. The first-order valence-corrected chi connectivity index (χ1v) is 11.8. The zero-order valence-corrected chi connectivity index (χ0v) is 18.6. The Labute approximate surface area is 186 Å². The zero-order valence-electron chi connectivity index (χ0n) is 17.8. The molecular weight excluding hydrogens is 412 g/mol. The first-order valence-electron chi connectivity index (χ1n) is 11.0. The van der Waals surface area contributed by atoms with Crippen molar-refractivity contribution in [2.45, 2.75) is 39.0 Å². The first kappa shape index (κ1) is 21.7. The van der Waals surface area contributed by atoms with Gasteiger partial charge in [0, 0.05) is 16.4 Å². The summed E-state index contributed by atoms with van der Waals surface area (Å²) >= 11 is 1.50. The Hall–Kier alpha value is -2.51. The number of ether oxygens (including phenoxy) is 1. The van der Waals surface area contributed by atoms with E-state index in [9.17, 15) is 14.4 Å². The molecule has 0 atom stereocenters. The molecule has 1 saturated heterocycles. The number of nitrogens with zero attached hydrogens (tertiary/aromatic N) is 1. The van der Waals surface area contributed by atoms with Crippen LogP contribution in [0.4, 0.5) is 5.00 Å². The van der Waals surface area contributed by atoms with Gasteiger partial charge in [-0.25, -0.2) is 4.79 Å². The summed E-state index contributed by atoms with van der Waals surface area (Å²) in [7, 11) is 0. The highest BCUT2D eigenvalue weighted by atomic mass is 32.1. The standard InChI is InChI=1S/C24H28N2O4S/c1-2-30-24(29)21-18-9-6-10-19(18)31-23(21)25-20(27)15-26-13-11-17(12-14-26)22(28)16-7-4-3-5-8-16/h3-5,7-8,17H,2,6,9-15H2,1H3,(H,25,27). The SMILES string of the molecule is CCOC(=O)c1c(NC(=O)CN2CCC(C(=O)c3ccccc3)CC2)sc2c1CCC2. The number of hydrogen-bond donors (Lipinski definition) is 1. The average Bonchev–Trinajstić information content (AvgIpc) is 3.35. The molecule has 1 aliphatic carbocycles. The van der Waals surface area contributed by atoms with Gasteiger partial charge in [0.25, 0.3) is 0 Å². The van der Waals surface area contributed by atoms with Crippen LogP contribution in [0.3, 0.4) is 0 Å². The van der Waals surface area contributed by atoms with E-state index in [4.69, 9.17) is 4.74 Å². The summed E-state index contributed by atoms with van der Waals surface area (Å²) in [6.07, 6.45) is 4.35. The van der Waals surface area contributed by atoms with Crippen LogP contribution in [0.15, 0.2) is 30.3 Å². The minimum Gasteiger partial charge on any atom is -0.462 e. The van der Waals surface area contributed by atoms with Crippen LogP contribution in [-0.2, 0) is 22.4 Å². The maximum atomic E-state index is 12.7. The molecule has 31 heavy (non-hydrogen) atoms. The average molecular weight is 441 g/mol. The van der Waals surface area contributed by atoms with Gasteiger partial charge >= 0.3 is 5.97 Å². The van der Waals surface area contributed by atoms with Gasteiger partial charge < -0.3 is 10.1 Å². The molecule has 2 aliphatic rings. The normalized spacial score (nSPS) is 16.7. The van der Waals surface area contributed by atoms with Crippen molar-refractivity contribution in [3.05, 3.63) is 51.9 Å². The van der Waals surface area contributed by atoms with Gasteiger partial charge in [0.05, 0.1) is 18.7 Å². The minimum absolute atomic E-state index is 0.0115. The molecular formula is C24H28N2O4S. The lowest BCUT2D eigenvalue weighted by Crippen LogP contribution is -2.40. The number of amides is 1. The van der Waals surface area contributed by atoms with Gasteiger partial charge in [-0.05, 0) is 57.7 Å². The van der Waals surface area contributed by atoms with Crippen LogP contribution in [0.2, 0.25) is 0 Å². The quantitative estimate of drug-likeness (QED) is 0.521. The van der Waals surface area contributed by atoms with Crippen molar-refractivity contribution in [1.29, 1.82) is 0 Å². The number of benzene rings is 1. The summed E-state index contributed by atoms with van der Waals surface area (Å²) in [6.45, 7) is 3.78. The molecule has 1 aliphatic heterocycles. The number of hydrogen-bond acceptors (Lipinski definition) is 6. The molecule has 1 aromatic carbocycles. The van der Waals surface area contributed by atoms with E-state index >= 15 is 0 Å². The number of carbonyl (C=O) groups is 3. The number of thiophene rings is 1. The number of anilines is 1. The predicted molar refractivity (Wildman–Crippen MR) is 121 cm³/mol. The third-order valence-corrected chi connectivity index (χ3v) is 7.24. The van der Waals surface area contributed by atoms with Crippen molar-refractivity contribution in [3.63, 3.8) is 0 Å². The number of Topliss-reactive ketones (excluding diaryl/α,β-unsaturated/α-hetero) is 1. The van der Waals surface area contributed by atoms with Crippen LogP contribution in [0.1, 0.15) is 57.3 Å². The lowest BCUT2D eigenvalue weighted by molar-refractivity contribution is -0.117. The van der Waals surface area contributed by atoms with Crippen molar-refractivity contribution < 1.29 is 19.1 Å². The van der Waals surface area contributed by atoms with Crippen molar-refractivity contribution >= 4 is 34.0 Å². The van der Waals surface area contributed by atoms with Gasteiger partial charge in [-0.1, -0.05) is 30.3 Å². The minimum atomic E-state index is -0.350. The second-order valence-corrected chi connectivity index (χ2v) is 9.22. The summed E-state index contributed by atoms with van der Waals surface area (Å²) in [5.74, 6) is -0.273. The molecule has 1 N–H and O–H groups in total. The van der Waals surface area contributed by atoms with Gasteiger partial charge in [0.1, 0.15) is 5.00 Å². The molecule has 1 amide bonds. The van der Waals surface area contributed by atoms with E-state index in [0.717, 1.165) is 43.2 Å². The second kappa shape index (κ2) is 9.75. The van der Waals surface area contributed by atoms with Crippen LogP contribution in [0.25, 0.3) is 0 Å². The highest BCUT2D eigenvalue weighted by molar-refractivity contribution is 7.17. The van der Waals surface area contributed by atoms with Crippen LogP contribution in [-0.4, -0.2) is 48.8 Å². The molecule has 2 heterocycles. The summed E-state index contributed by atoms with van der Waals surface area (Å²) in [5, 5.41) is 3.57. The maximum absolute atomic E-state index is 12.7. The molecule has 0 bridgehead atoms. The molecule has 0 radical (unpaired) electrons. The second-order valence-electron chi connectivity index (χ2n) is 8.11. The number of nitrogens with one attached hydrogen (secondary N) is 1. The Balaban J connectivity index is 1.33. The molecule has 0 spiro atoms. The van der Waals surface area contributed by atoms with Gasteiger partial charge in [-0.3, -0.25) is 14.5 Å². The fourth-order valence-corrected chi connectivity index (χ4v) is 5.77. The van der Waals surface area contributed by atoms with E-state index in [1.807, 2.05) is 30.3 Å². The van der Waals surface area contributed by atoms with Crippen molar-refractivity contribution in [3.8, 4) is 0 Å². The molecule has 0 unspecified atom stereocenters. The van der Waals surface area contributed by atoms with Crippen LogP contribution in [0.5, 0.6) is 0 Å². The third-order valence-electron chi connectivity index (χ3n) is 6.04. The monoisotopic (exact) mass is 440 g/mol. The zero-order chi connectivity index (χ0) is 21.8. The molecule has 1 fully saturated rings. The van der Waals surface area contributed by atoms with Gasteiger partial charge in [-0.2, -0.15) is 0 Å². The maximum Gasteiger partial charge on any atom is 0.341 e. The molecule has 6 nitrogen and oxygen atoms in total. The summed E-state index contributed by atoms with van der Waals surface area (Å²) < 4.78 is 5.23. The molecule has 0 saturated carbocycles. The first-order chi connectivity index (χ1) is 15.1. The van der Waals surface area contributed by atoms with E-state index in [-0.39, 0.29) is 30.1 Å². The van der Waals surface area contributed by atoms with Crippen LogP contribution < -0.4 is 5.32 Å². The van der Waals surface area contributed by atoms with E-state index in [1.165, 1.54) is 16.2 Å². The Bertz CT molecular complexity index is 961. The third kappa shape index (κ3) is 4.88. The number of piperidine rings is 1. The van der Waals surface area contributed by atoms with E-state index < -0.39 is 0 Å². The topological polar surface area (TPSA) is 75.7 Å². The number of fused-ring (bicyclic) bond motifs is 1. The van der Waals surface area contributed by atoms with Crippen molar-refractivity contribution in [1.82, 2.24) is 4.90 Å². The highest BCUT2D eigenvalue weighted by Crippen LogP contribution is 2.39. The van der Waals surface area contributed by atoms with Gasteiger partial charge in [0.15, 0.2) is 5.78 Å². The smallest absolute Gasteiger partial charge is 0.341 e. The van der Waals surface area contributed by atoms with Gasteiger partial charge in [-0.15, -0.1) is 11.3 Å². The van der Waals surface area contributed by atoms with Crippen LogP contribution in [0, 0.1) is 5.92 Å². The fraction of sp³-hybridized carbons (Fsp3) is 0.458. The van der Waals surface area contributed by atoms with Crippen molar-refractivity contribution in [2.75, 3.05) is 31.6 Å². The summed E-state index contributed by atoms with van der Waals surface area (Å²) in [5.41, 5.74) is 2.34. The number of aryl methyl sites for hydroxylation is 1. The lowest BCUT2D eigenvalue weighted by Gasteiger charge is -2.30. The Morgan fingerprint density at radius 1 is 1.13 bits per heavy atom. The largest absolute Gasteiger partial charge is 0.462 e. The summed E-state index contributed by atoms with van der Waals surface area (Å²) in [4.78, 5) is 41.1.